The van der Waals surface area contributed by atoms with E-state index < -0.39 is 0 Å². The van der Waals surface area contributed by atoms with Crippen molar-refractivity contribution in [1.29, 1.82) is 0 Å². The van der Waals surface area contributed by atoms with Crippen LogP contribution in [0.5, 0.6) is 11.5 Å². The summed E-state index contributed by atoms with van der Waals surface area (Å²) in [5.74, 6) is 0.238. The monoisotopic (exact) mass is 530 g/mol. The van der Waals surface area contributed by atoms with Crippen LogP contribution in [0, 0.1) is 20.8 Å². The van der Waals surface area contributed by atoms with Crippen LogP contribution in [0.3, 0.4) is 0 Å². The molecule has 3 aromatic carbocycles. The minimum absolute atomic E-state index is 0.190. The number of thioether (sulfide) groups is 1. The average molecular weight is 531 g/mol. The summed E-state index contributed by atoms with van der Waals surface area (Å²) in [5.41, 5.74) is 5.45. The molecule has 3 amide bonds. The quantitative estimate of drug-likeness (QED) is 0.329. The molecule has 3 aromatic rings. The zero-order valence-electron chi connectivity index (χ0n) is 21.9. The first kappa shape index (κ1) is 27.0. The summed E-state index contributed by atoms with van der Waals surface area (Å²) in [5, 5.41) is 2.57. The Bertz CT molecular complexity index is 1400. The number of anilines is 1. The summed E-state index contributed by atoms with van der Waals surface area (Å²) in [6, 6.07) is 18.8. The molecule has 1 fully saturated rings. The van der Waals surface area contributed by atoms with Crippen molar-refractivity contribution in [2.75, 3.05) is 18.5 Å². The molecule has 0 bridgehead atoms. The zero-order valence-corrected chi connectivity index (χ0v) is 22.7. The fourth-order valence-corrected chi connectivity index (χ4v) is 4.70. The number of carbonyl (C=O) groups excluding carboxylic acids is 3. The number of hydrogen-bond donors (Lipinski definition) is 1. The largest absolute Gasteiger partial charge is 0.490 e. The highest BCUT2D eigenvalue weighted by molar-refractivity contribution is 8.18. The highest BCUT2D eigenvalue weighted by Crippen LogP contribution is 2.35. The Hall–Kier alpha value is -4.04. The fraction of sp³-hybridized carbons (Fsp3) is 0.233. The highest BCUT2D eigenvalue weighted by atomic mass is 32.2. The van der Waals surface area contributed by atoms with Gasteiger partial charge in [0.1, 0.15) is 0 Å². The summed E-state index contributed by atoms with van der Waals surface area (Å²) in [6.07, 6.45) is 1.67. The van der Waals surface area contributed by atoms with E-state index in [0.29, 0.717) is 28.6 Å². The molecule has 4 rings (SSSR count). The van der Waals surface area contributed by atoms with Gasteiger partial charge in [-0.2, -0.15) is 0 Å². The Morgan fingerprint density at radius 1 is 0.921 bits per heavy atom. The van der Waals surface area contributed by atoms with Crippen molar-refractivity contribution in [2.45, 2.75) is 34.2 Å². The van der Waals surface area contributed by atoms with Gasteiger partial charge in [0, 0.05) is 5.69 Å². The number of hydrogen-bond acceptors (Lipinski definition) is 6. The molecule has 0 atom stereocenters. The number of benzene rings is 3. The van der Waals surface area contributed by atoms with E-state index in [1.807, 2.05) is 70.2 Å². The molecule has 0 aromatic heterocycles. The molecular weight excluding hydrogens is 500 g/mol. The molecular formula is C30H30N2O5S. The molecule has 1 N–H and O–H groups in total. The maximum Gasteiger partial charge on any atom is 0.293 e. The number of nitrogens with zero attached hydrogens (tertiary/aromatic N) is 1. The van der Waals surface area contributed by atoms with Crippen molar-refractivity contribution in [3.63, 3.8) is 0 Å². The number of nitrogens with one attached hydrogen (secondary N) is 1. The Kier molecular flexibility index (Phi) is 8.53. The first-order chi connectivity index (χ1) is 18.2. The van der Waals surface area contributed by atoms with E-state index in [1.54, 1.807) is 24.3 Å². The second-order valence-electron chi connectivity index (χ2n) is 9.05. The molecule has 7 nitrogen and oxygen atoms in total. The van der Waals surface area contributed by atoms with E-state index >= 15 is 0 Å². The van der Waals surface area contributed by atoms with E-state index in [-0.39, 0.29) is 30.2 Å². The number of carbonyl (C=O) groups is 3. The maximum atomic E-state index is 13.0. The van der Waals surface area contributed by atoms with E-state index in [9.17, 15) is 14.4 Å². The predicted molar refractivity (Wildman–Crippen MR) is 150 cm³/mol. The van der Waals surface area contributed by atoms with Gasteiger partial charge in [0.05, 0.1) is 18.1 Å². The Morgan fingerprint density at radius 3 is 2.39 bits per heavy atom. The van der Waals surface area contributed by atoms with Crippen LogP contribution in [0.1, 0.15) is 34.7 Å². The Morgan fingerprint density at radius 2 is 1.66 bits per heavy atom. The third-order valence-corrected chi connectivity index (χ3v) is 6.83. The normalized spacial score (nSPS) is 14.2. The van der Waals surface area contributed by atoms with Crippen molar-refractivity contribution in [2.24, 2.45) is 0 Å². The second kappa shape index (κ2) is 12.0. The average Bonchev–Trinajstić information content (AvgIpc) is 3.14. The van der Waals surface area contributed by atoms with E-state index in [2.05, 4.69) is 5.32 Å². The molecule has 1 aliphatic rings. The molecule has 0 aliphatic carbocycles. The molecule has 0 unspecified atom stereocenters. The van der Waals surface area contributed by atoms with Gasteiger partial charge in [0.15, 0.2) is 18.1 Å². The van der Waals surface area contributed by atoms with Crippen LogP contribution in [-0.4, -0.2) is 35.2 Å². The first-order valence-corrected chi connectivity index (χ1v) is 13.1. The van der Waals surface area contributed by atoms with Crippen molar-refractivity contribution >= 4 is 40.6 Å². The molecule has 0 radical (unpaired) electrons. The summed E-state index contributed by atoms with van der Waals surface area (Å²) < 4.78 is 11.5. The van der Waals surface area contributed by atoms with Gasteiger partial charge in [-0.15, -0.1) is 0 Å². The summed E-state index contributed by atoms with van der Waals surface area (Å²) >= 11 is 0.913. The Balaban J connectivity index is 1.44. The lowest BCUT2D eigenvalue weighted by Crippen LogP contribution is -2.27. The molecule has 8 heteroatoms. The standard InChI is InChI=1S/C30H30N2O5S/c1-5-36-26-15-23(12-13-25(26)37-18-28(33)31-24-14-20(3)6-9-21(24)4)16-27-29(34)32(30(35)38-27)17-22-10-7-19(2)8-11-22/h6-16H,5,17-18H2,1-4H3,(H,31,33)/b27-16-. The first-order valence-electron chi connectivity index (χ1n) is 12.3. The third kappa shape index (κ3) is 6.63. The summed E-state index contributed by atoms with van der Waals surface area (Å²) in [4.78, 5) is 39.6. The van der Waals surface area contributed by atoms with Gasteiger partial charge >= 0.3 is 0 Å². The highest BCUT2D eigenvalue weighted by Gasteiger charge is 2.35. The van der Waals surface area contributed by atoms with Gasteiger partial charge in [-0.05, 0) is 86.0 Å². The number of rotatable bonds is 9. The zero-order chi connectivity index (χ0) is 27.2. The fourth-order valence-electron chi connectivity index (χ4n) is 3.87. The van der Waals surface area contributed by atoms with Crippen LogP contribution in [0.4, 0.5) is 10.5 Å². The molecule has 196 valence electrons. The molecule has 0 spiro atoms. The van der Waals surface area contributed by atoms with Gasteiger partial charge < -0.3 is 14.8 Å². The Labute approximate surface area is 226 Å². The number of aryl methyl sites for hydroxylation is 3. The minimum Gasteiger partial charge on any atom is -0.490 e. The molecule has 1 saturated heterocycles. The predicted octanol–water partition coefficient (Wildman–Crippen LogP) is 6.26. The number of amides is 3. The second-order valence-corrected chi connectivity index (χ2v) is 10.0. The van der Waals surface area contributed by atoms with Crippen LogP contribution in [0.25, 0.3) is 6.08 Å². The molecule has 1 heterocycles. The third-order valence-electron chi connectivity index (χ3n) is 5.93. The lowest BCUT2D eigenvalue weighted by Gasteiger charge is -2.14. The number of imide groups is 1. The van der Waals surface area contributed by atoms with Gasteiger partial charge in [-0.25, -0.2) is 0 Å². The van der Waals surface area contributed by atoms with Crippen molar-refractivity contribution < 1.29 is 23.9 Å². The van der Waals surface area contributed by atoms with Gasteiger partial charge in [-0.3, -0.25) is 19.3 Å². The summed E-state index contributed by atoms with van der Waals surface area (Å²) in [7, 11) is 0. The molecule has 1 aliphatic heterocycles. The van der Waals surface area contributed by atoms with Crippen LogP contribution < -0.4 is 14.8 Å². The van der Waals surface area contributed by atoms with Gasteiger partial charge in [0.25, 0.3) is 17.1 Å². The maximum absolute atomic E-state index is 13.0. The van der Waals surface area contributed by atoms with Crippen LogP contribution in [-0.2, 0) is 16.1 Å². The van der Waals surface area contributed by atoms with Crippen molar-refractivity contribution in [3.05, 3.63) is 93.4 Å². The van der Waals surface area contributed by atoms with E-state index in [1.165, 1.54) is 4.90 Å². The van der Waals surface area contributed by atoms with Crippen LogP contribution in [0.15, 0.2) is 65.6 Å². The lowest BCUT2D eigenvalue weighted by atomic mass is 10.1. The van der Waals surface area contributed by atoms with Crippen LogP contribution >= 0.6 is 11.8 Å². The van der Waals surface area contributed by atoms with E-state index in [4.69, 9.17) is 9.47 Å². The number of ether oxygens (including phenoxy) is 2. The van der Waals surface area contributed by atoms with Gasteiger partial charge in [-0.1, -0.05) is 48.0 Å². The smallest absolute Gasteiger partial charge is 0.293 e. The van der Waals surface area contributed by atoms with Gasteiger partial charge in [0.2, 0.25) is 0 Å². The van der Waals surface area contributed by atoms with Crippen LogP contribution in [0.2, 0.25) is 0 Å². The molecule has 38 heavy (non-hydrogen) atoms. The topological polar surface area (TPSA) is 84.9 Å². The van der Waals surface area contributed by atoms with Crippen molar-refractivity contribution in [1.82, 2.24) is 4.90 Å². The lowest BCUT2D eigenvalue weighted by molar-refractivity contribution is -0.123. The van der Waals surface area contributed by atoms with Crippen molar-refractivity contribution in [3.8, 4) is 11.5 Å². The molecule has 0 saturated carbocycles. The van der Waals surface area contributed by atoms with E-state index in [0.717, 1.165) is 39.7 Å². The minimum atomic E-state index is -0.332. The SMILES string of the molecule is CCOc1cc(/C=C2\SC(=O)N(Cc3ccc(C)cc3)C2=O)ccc1OCC(=O)Nc1cc(C)ccc1C. The summed E-state index contributed by atoms with van der Waals surface area (Å²) in [6.45, 7) is 8.15.